The first-order chi connectivity index (χ1) is 16.7. The number of nitrogens with zero attached hydrogens (tertiary/aromatic N) is 1. The third-order valence-electron chi connectivity index (χ3n) is 6.66. The molecule has 0 saturated carbocycles. The minimum atomic E-state index is -4.38. The molecule has 1 saturated heterocycles. The van der Waals surface area contributed by atoms with Gasteiger partial charge in [-0.05, 0) is 62.4 Å². The molecule has 1 aliphatic heterocycles. The molecule has 1 heterocycles. The molecule has 3 aromatic carbocycles. The number of aryl methyl sites for hydroxylation is 2. The number of alkyl halides is 3. The smallest absolute Gasteiger partial charge is 0.335 e. The number of amides is 1. The number of carbonyl (C=O) groups excluding carboxylic acids is 1. The monoisotopic (exact) mass is 480 g/mol. The molecule has 0 unspecified atom stereocenters. The third kappa shape index (κ3) is 6.31. The Kier molecular flexibility index (Phi) is 7.60. The molecule has 1 N–H and O–H groups in total. The Labute approximate surface area is 205 Å². The van der Waals surface area contributed by atoms with Crippen LogP contribution in [0.1, 0.15) is 51.0 Å². The van der Waals surface area contributed by atoms with Crippen LogP contribution in [0.2, 0.25) is 0 Å². The van der Waals surface area contributed by atoms with Gasteiger partial charge in [0.25, 0.3) is 5.91 Å². The molecule has 3 aromatic rings. The number of halogens is 3. The van der Waals surface area contributed by atoms with Crippen LogP contribution in [0.15, 0.2) is 72.8 Å². The first kappa shape index (κ1) is 25.0. The number of hydrogen-bond acceptors (Lipinski definition) is 2. The number of likely N-dealkylation sites (tertiary alicyclic amines) is 1. The van der Waals surface area contributed by atoms with Crippen LogP contribution in [-0.2, 0) is 19.1 Å². The number of rotatable bonds is 6. The van der Waals surface area contributed by atoms with Crippen molar-refractivity contribution in [1.29, 1.82) is 0 Å². The van der Waals surface area contributed by atoms with Gasteiger partial charge in [0, 0.05) is 30.7 Å². The van der Waals surface area contributed by atoms with E-state index >= 15 is 0 Å². The zero-order valence-corrected chi connectivity index (χ0v) is 20.1. The quantitative estimate of drug-likeness (QED) is 0.447. The molecule has 4 rings (SSSR count). The van der Waals surface area contributed by atoms with Gasteiger partial charge in [-0.3, -0.25) is 4.79 Å². The molecular formula is C29H31F3N2O. The minimum Gasteiger partial charge on any atom is -0.335 e. The third-order valence-corrected chi connectivity index (χ3v) is 6.66. The molecule has 0 aromatic heterocycles. The predicted octanol–water partition coefficient (Wildman–Crippen LogP) is 6.33. The number of benzene rings is 3. The molecular weight excluding hydrogens is 449 g/mol. The van der Waals surface area contributed by atoms with E-state index in [9.17, 15) is 18.0 Å². The van der Waals surface area contributed by atoms with Crippen molar-refractivity contribution in [3.05, 3.63) is 106 Å². The summed E-state index contributed by atoms with van der Waals surface area (Å²) in [4.78, 5) is 15.5. The van der Waals surface area contributed by atoms with Crippen molar-refractivity contribution in [2.45, 2.75) is 57.9 Å². The van der Waals surface area contributed by atoms with Gasteiger partial charge in [-0.1, -0.05) is 65.7 Å². The van der Waals surface area contributed by atoms with Gasteiger partial charge < -0.3 is 10.2 Å². The van der Waals surface area contributed by atoms with Crippen molar-refractivity contribution in [3.63, 3.8) is 0 Å². The van der Waals surface area contributed by atoms with Gasteiger partial charge in [-0.15, -0.1) is 0 Å². The Bertz CT molecular complexity index is 1140. The first-order valence-electron chi connectivity index (χ1n) is 12.0. The van der Waals surface area contributed by atoms with Gasteiger partial charge >= 0.3 is 6.18 Å². The second-order valence-electron chi connectivity index (χ2n) is 9.48. The highest BCUT2D eigenvalue weighted by atomic mass is 19.4. The van der Waals surface area contributed by atoms with E-state index in [1.54, 1.807) is 6.07 Å². The van der Waals surface area contributed by atoms with Gasteiger partial charge in [-0.25, -0.2) is 0 Å². The Morgan fingerprint density at radius 3 is 2.31 bits per heavy atom. The van der Waals surface area contributed by atoms with E-state index in [2.05, 4.69) is 17.4 Å². The molecule has 1 amide bonds. The lowest BCUT2D eigenvalue weighted by molar-refractivity contribution is -0.138. The molecule has 0 spiro atoms. The van der Waals surface area contributed by atoms with Crippen molar-refractivity contribution in [2.75, 3.05) is 6.54 Å². The van der Waals surface area contributed by atoms with E-state index in [4.69, 9.17) is 0 Å². The lowest BCUT2D eigenvalue weighted by atomic mass is 9.91. The van der Waals surface area contributed by atoms with Crippen LogP contribution >= 0.6 is 0 Å². The predicted molar refractivity (Wildman–Crippen MR) is 132 cm³/mol. The van der Waals surface area contributed by atoms with Crippen molar-refractivity contribution in [2.24, 2.45) is 0 Å². The van der Waals surface area contributed by atoms with Crippen LogP contribution in [0.25, 0.3) is 0 Å². The highest BCUT2D eigenvalue weighted by molar-refractivity contribution is 5.95. The van der Waals surface area contributed by atoms with Gasteiger partial charge in [0.2, 0.25) is 0 Å². The summed E-state index contributed by atoms with van der Waals surface area (Å²) < 4.78 is 40.2. The molecule has 1 fully saturated rings. The summed E-state index contributed by atoms with van der Waals surface area (Å²) >= 11 is 0. The molecule has 0 aliphatic carbocycles. The van der Waals surface area contributed by atoms with Gasteiger partial charge in [-0.2, -0.15) is 13.2 Å². The van der Waals surface area contributed by atoms with E-state index in [0.717, 1.165) is 22.8 Å². The maximum atomic E-state index is 13.5. The largest absolute Gasteiger partial charge is 0.416 e. The summed E-state index contributed by atoms with van der Waals surface area (Å²) in [5, 5.41) is 3.35. The maximum absolute atomic E-state index is 13.5. The first-order valence-corrected chi connectivity index (χ1v) is 12.0. The molecule has 6 heteroatoms. The minimum absolute atomic E-state index is 0.0126. The SMILES string of the molecule is Cc1cc(C)cc(C(=O)N2CC[C@H](NCc3ccccc3C(F)(F)F)C[C@H]2Cc2ccccc2)c1. The van der Waals surface area contributed by atoms with Crippen LogP contribution in [0.5, 0.6) is 0 Å². The fraction of sp³-hybridized carbons (Fsp3) is 0.345. The lowest BCUT2D eigenvalue weighted by Gasteiger charge is -2.40. The van der Waals surface area contributed by atoms with E-state index in [-0.39, 0.29) is 30.1 Å². The van der Waals surface area contributed by atoms with Gasteiger partial charge in [0.1, 0.15) is 0 Å². The molecule has 2 atom stereocenters. The molecule has 0 radical (unpaired) electrons. The Balaban J connectivity index is 1.51. The average molecular weight is 481 g/mol. The molecule has 184 valence electrons. The molecule has 1 aliphatic rings. The zero-order chi connectivity index (χ0) is 25.0. The van der Waals surface area contributed by atoms with Crippen LogP contribution < -0.4 is 5.32 Å². The fourth-order valence-electron chi connectivity index (χ4n) is 5.05. The number of hydrogen-bond donors (Lipinski definition) is 1. The zero-order valence-electron chi connectivity index (χ0n) is 20.1. The van der Waals surface area contributed by atoms with Crippen molar-refractivity contribution >= 4 is 5.91 Å². The summed E-state index contributed by atoms with van der Waals surface area (Å²) in [5.74, 6) is 0.0126. The van der Waals surface area contributed by atoms with E-state index < -0.39 is 11.7 Å². The van der Waals surface area contributed by atoms with Crippen LogP contribution in [0.3, 0.4) is 0 Å². The van der Waals surface area contributed by atoms with Crippen LogP contribution in [-0.4, -0.2) is 29.4 Å². The molecule has 0 bridgehead atoms. The van der Waals surface area contributed by atoms with Crippen LogP contribution in [0.4, 0.5) is 13.2 Å². The normalized spacial score (nSPS) is 18.5. The van der Waals surface area contributed by atoms with Gasteiger partial charge in [0.15, 0.2) is 0 Å². The highest BCUT2D eigenvalue weighted by Crippen LogP contribution is 2.32. The number of nitrogens with one attached hydrogen (secondary N) is 1. The Morgan fingerprint density at radius 1 is 0.971 bits per heavy atom. The van der Waals surface area contributed by atoms with Crippen LogP contribution in [0, 0.1) is 13.8 Å². The maximum Gasteiger partial charge on any atom is 0.416 e. The summed E-state index contributed by atoms with van der Waals surface area (Å²) in [6.45, 7) is 4.67. The van der Waals surface area contributed by atoms with Crippen molar-refractivity contribution < 1.29 is 18.0 Å². The van der Waals surface area contributed by atoms with Gasteiger partial charge in [0.05, 0.1) is 5.56 Å². The van der Waals surface area contributed by atoms with E-state index in [1.165, 1.54) is 12.1 Å². The second kappa shape index (κ2) is 10.6. The second-order valence-corrected chi connectivity index (χ2v) is 9.48. The molecule has 3 nitrogen and oxygen atoms in total. The summed E-state index contributed by atoms with van der Waals surface area (Å²) in [6.07, 6.45) is -2.31. The highest BCUT2D eigenvalue weighted by Gasteiger charge is 2.34. The fourth-order valence-corrected chi connectivity index (χ4v) is 5.05. The van der Waals surface area contributed by atoms with Crippen molar-refractivity contribution in [1.82, 2.24) is 10.2 Å². The topological polar surface area (TPSA) is 32.3 Å². The standard InChI is InChI=1S/C29H31F3N2O/c1-20-14-21(2)16-24(15-20)28(35)34-13-12-25(18-26(34)17-22-8-4-3-5-9-22)33-19-23-10-6-7-11-27(23)29(30,31)32/h3-11,14-16,25-26,33H,12-13,17-19H2,1-2H3/t25-,26+/m0/s1. The summed E-state index contributed by atoms with van der Waals surface area (Å²) in [5.41, 5.74) is 3.56. The average Bonchev–Trinajstić information content (AvgIpc) is 2.82. The Hall–Kier alpha value is -3.12. The lowest BCUT2D eigenvalue weighted by Crippen LogP contribution is -2.51. The van der Waals surface area contributed by atoms with E-state index in [0.29, 0.717) is 31.4 Å². The number of piperidine rings is 1. The molecule has 35 heavy (non-hydrogen) atoms. The van der Waals surface area contributed by atoms with E-state index in [1.807, 2.05) is 55.1 Å². The van der Waals surface area contributed by atoms with Crippen molar-refractivity contribution in [3.8, 4) is 0 Å². The summed E-state index contributed by atoms with van der Waals surface area (Å²) in [6, 6.07) is 21.6. The Morgan fingerprint density at radius 2 is 1.63 bits per heavy atom. The summed E-state index contributed by atoms with van der Waals surface area (Å²) in [7, 11) is 0. The number of carbonyl (C=O) groups is 1.